The van der Waals surface area contributed by atoms with E-state index in [2.05, 4.69) is 4.57 Å². The Morgan fingerprint density at radius 1 is 0.886 bits per heavy atom. The van der Waals surface area contributed by atoms with Gasteiger partial charge in [0.05, 0.1) is 50.2 Å². The van der Waals surface area contributed by atoms with Crippen molar-refractivity contribution in [3.05, 3.63) is 74.6 Å². The van der Waals surface area contributed by atoms with Crippen molar-refractivity contribution in [2.24, 2.45) is 14.1 Å². The Kier molecular flexibility index (Phi) is 5.64. The molecule has 0 saturated heterocycles. The van der Waals surface area contributed by atoms with Crippen LogP contribution in [-0.2, 0) is 25.4 Å². The summed E-state index contributed by atoms with van der Waals surface area (Å²) in [5.74, 6) is 1.89. The number of nitrogens with zero attached hydrogens (tertiary/aromatic N) is 3. The number of hydrogen-bond acceptors (Lipinski definition) is 6. The third-order valence-corrected chi connectivity index (χ3v) is 6.63. The van der Waals surface area contributed by atoms with Crippen molar-refractivity contribution in [3.8, 4) is 28.5 Å². The van der Waals surface area contributed by atoms with Gasteiger partial charge in [-0.1, -0.05) is 6.07 Å². The van der Waals surface area contributed by atoms with Crippen molar-refractivity contribution in [2.75, 3.05) is 27.9 Å². The maximum atomic E-state index is 13.5. The molecule has 3 heterocycles. The Labute approximate surface area is 201 Å². The summed E-state index contributed by atoms with van der Waals surface area (Å²) in [5, 5.41) is 0.478. The molecule has 0 fully saturated rings. The molecular weight excluding hydrogens is 450 g/mol. The third kappa shape index (κ3) is 3.42. The van der Waals surface area contributed by atoms with Crippen molar-refractivity contribution >= 4 is 10.9 Å². The van der Waals surface area contributed by atoms with Crippen LogP contribution in [-0.4, -0.2) is 41.6 Å². The molecule has 1 aliphatic rings. The van der Waals surface area contributed by atoms with Crippen LogP contribution in [0.3, 0.4) is 0 Å². The van der Waals surface area contributed by atoms with Gasteiger partial charge in [-0.15, -0.1) is 0 Å². The highest BCUT2D eigenvalue weighted by Crippen LogP contribution is 2.42. The number of rotatable bonds is 5. The summed E-state index contributed by atoms with van der Waals surface area (Å²) in [5.41, 5.74) is 3.01. The molecule has 0 spiro atoms. The largest absolute Gasteiger partial charge is 0.497 e. The lowest BCUT2D eigenvalue weighted by atomic mass is 10.0. The summed E-state index contributed by atoms with van der Waals surface area (Å²) in [6.07, 6.45) is -0.518. The van der Waals surface area contributed by atoms with Crippen molar-refractivity contribution in [3.63, 3.8) is 0 Å². The quantitative estimate of drug-likeness (QED) is 0.440. The molecule has 0 bridgehead atoms. The highest BCUT2D eigenvalue weighted by Gasteiger charge is 2.33. The number of aromatic nitrogens is 3. The monoisotopic (exact) mass is 477 g/mol. The normalized spacial score (nSPS) is 15.2. The van der Waals surface area contributed by atoms with Gasteiger partial charge < -0.3 is 23.5 Å². The minimum absolute atomic E-state index is 0.345. The van der Waals surface area contributed by atoms with Crippen LogP contribution in [0.5, 0.6) is 17.2 Å². The number of benzene rings is 2. The first kappa shape index (κ1) is 22.8. The molecule has 1 atom stereocenters. The van der Waals surface area contributed by atoms with E-state index in [4.69, 9.17) is 18.9 Å². The average Bonchev–Trinajstić information content (AvgIpc) is 3.25. The summed E-state index contributed by atoms with van der Waals surface area (Å²) in [6, 6.07) is 13.2. The van der Waals surface area contributed by atoms with Gasteiger partial charge in [0, 0.05) is 20.6 Å². The van der Waals surface area contributed by atoms with Crippen molar-refractivity contribution in [1.82, 2.24) is 13.7 Å². The van der Waals surface area contributed by atoms with Crippen molar-refractivity contribution in [1.29, 1.82) is 0 Å². The fraction of sp³-hybridized carbons (Fsp3) is 0.308. The Bertz CT molecular complexity index is 1550. The second-order valence-corrected chi connectivity index (χ2v) is 8.41. The maximum Gasteiger partial charge on any atom is 0.331 e. The molecule has 182 valence electrons. The highest BCUT2D eigenvalue weighted by molar-refractivity contribution is 5.96. The molecule has 0 amide bonds. The highest BCUT2D eigenvalue weighted by atomic mass is 16.5. The average molecular weight is 478 g/mol. The lowest BCUT2D eigenvalue weighted by Gasteiger charge is -2.28. The van der Waals surface area contributed by atoms with Crippen LogP contribution >= 0.6 is 0 Å². The van der Waals surface area contributed by atoms with Gasteiger partial charge in [-0.05, 0) is 47.5 Å². The van der Waals surface area contributed by atoms with E-state index in [1.807, 2.05) is 42.5 Å². The zero-order valence-electron chi connectivity index (χ0n) is 20.3. The van der Waals surface area contributed by atoms with E-state index in [9.17, 15) is 9.59 Å². The van der Waals surface area contributed by atoms with Crippen molar-refractivity contribution < 1.29 is 18.9 Å². The predicted molar refractivity (Wildman–Crippen MR) is 132 cm³/mol. The van der Waals surface area contributed by atoms with Gasteiger partial charge in [-0.2, -0.15) is 0 Å². The van der Waals surface area contributed by atoms with Crippen LogP contribution in [0.15, 0.2) is 52.1 Å². The topological polar surface area (TPSA) is 85.9 Å². The second kappa shape index (κ2) is 8.66. The van der Waals surface area contributed by atoms with Crippen LogP contribution in [0.2, 0.25) is 0 Å². The molecule has 0 saturated carbocycles. The van der Waals surface area contributed by atoms with Gasteiger partial charge in [0.15, 0.2) is 11.5 Å². The lowest BCUT2D eigenvalue weighted by Crippen LogP contribution is -2.37. The van der Waals surface area contributed by atoms with E-state index in [-0.39, 0.29) is 5.56 Å². The van der Waals surface area contributed by atoms with Gasteiger partial charge in [-0.25, -0.2) is 4.79 Å². The molecular formula is C26H27N3O6. The predicted octanol–water partition coefficient (Wildman–Crippen LogP) is 2.85. The molecule has 4 aromatic rings. The Balaban J connectivity index is 1.86. The fourth-order valence-electron chi connectivity index (χ4n) is 4.90. The molecule has 5 rings (SSSR count). The summed E-state index contributed by atoms with van der Waals surface area (Å²) in [4.78, 5) is 26.5. The summed E-state index contributed by atoms with van der Waals surface area (Å²) >= 11 is 0. The minimum atomic E-state index is -0.518. The van der Waals surface area contributed by atoms with Gasteiger partial charge >= 0.3 is 5.69 Å². The van der Waals surface area contributed by atoms with Gasteiger partial charge in [0.1, 0.15) is 11.9 Å². The molecule has 2 aromatic heterocycles. The first-order valence-electron chi connectivity index (χ1n) is 11.2. The number of fused-ring (bicyclic) bond motifs is 3. The maximum absolute atomic E-state index is 13.5. The molecule has 0 aliphatic carbocycles. The minimum Gasteiger partial charge on any atom is -0.497 e. The van der Waals surface area contributed by atoms with Gasteiger partial charge in [0.2, 0.25) is 0 Å². The number of methoxy groups -OCH3 is 3. The first-order valence-corrected chi connectivity index (χ1v) is 11.2. The van der Waals surface area contributed by atoms with Gasteiger partial charge in [-0.3, -0.25) is 13.9 Å². The van der Waals surface area contributed by atoms with E-state index >= 15 is 0 Å². The number of aryl methyl sites for hydroxylation is 1. The van der Waals surface area contributed by atoms with E-state index in [0.29, 0.717) is 35.6 Å². The van der Waals surface area contributed by atoms with Crippen LogP contribution < -0.4 is 25.5 Å². The SMILES string of the molecule is COc1ccc(-c2c3c(=O)n(C)c(=O)n(C)c3c3n2CCOC3c2ccc(OC)c(OC)c2)cc1. The zero-order valence-corrected chi connectivity index (χ0v) is 20.3. The van der Waals surface area contributed by atoms with Crippen LogP contribution in [0.25, 0.3) is 22.2 Å². The first-order chi connectivity index (χ1) is 16.9. The van der Waals surface area contributed by atoms with E-state index < -0.39 is 11.8 Å². The Morgan fingerprint density at radius 3 is 2.26 bits per heavy atom. The van der Waals surface area contributed by atoms with Crippen LogP contribution in [0, 0.1) is 0 Å². The Morgan fingerprint density at radius 2 is 1.60 bits per heavy atom. The number of hydrogen-bond donors (Lipinski definition) is 0. The second-order valence-electron chi connectivity index (χ2n) is 8.41. The third-order valence-electron chi connectivity index (χ3n) is 6.63. The summed E-state index contributed by atoms with van der Waals surface area (Å²) in [6.45, 7) is 0.969. The fourth-order valence-corrected chi connectivity index (χ4v) is 4.90. The molecule has 1 aliphatic heterocycles. The molecule has 9 heteroatoms. The van der Waals surface area contributed by atoms with Crippen molar-refractivity contribution in [2.45, 2.75) is 12.6 Å². The standard InChI is InChI=1S/C26H27N3O6/c1-27-22-20(25(30)28(2)26(27)31)21(15-6-9-17(32-3)10-7-15)29-12-13-35-24(23(22)29)16-8-11-18(33-4)19(14-16)34-5/h6-11,14,24H,12-13H2,1-5H3. The smallest absolute Gasteiger partial charge is 0.331 e. The number of ether oxygens (including phenoxy) is 4. The Hall–Kier alpha value is -3.98. The molecule has 0 N–H and O–H groups in total. The summed E-state index contributed by atoms with van der Waals surface area (Å²) in [7, 11) is 7.96. The lowest BCUT2D eigenvalue weighted by molar-refractivity contribution is 0.0477. The molecule has 9 nitrogen and oxygen atoms in total. The molecule has 35 heavy (non-hydrogen) atoms. The summed E-state index contributed by atoms with van der Waals surface area (Å²) < 4.78 is 27.2. The van der Waals surface area contributed by atoms with Crippen LogP contribution in [0.1, 0.15) is 17.4 Å². The molecule has 0 radical (unpaired) electrons. The van der Waals surface area contributed by atoms with Gasteiger partial charge in [0.25, 0.3) is 5.56 Å². The zero-order chi connectivity index (χ0) is 24.9. The van der Waals surface area contributed by atoms with E-state index in [1.165, 1.54) is 11.6 Å². The molecule has 2 aromatic carbocycles. The molecule has 1 unspecified atom stereocenters. The van der Waals surface area contributed by atoms with E-state index in [0.717, 1.165) is 32.8 Å². The van der Waals surface area contributed by atoms with Crippen LogP contribution in [0.4, 0.5) is 0 Å². The van der Waals surface area contributed by atoms with E-state index in [1.54, 1.807) is 28.4 Å².